The first-order chi connectivity index (χ1) is 9.15. The summed E-state index contributed by atoms with van der Waals surface area (Å²) in [6.07, 6.45) is 2.95. The van der Waals surface area contributed by atoms with Gasteiger partial charge in [-0.3, -0.25) is 9.59 Å². The van der Waals surface area contributed by atoms with Crippen LogP contribution in [0.2, 0.25) is 5.02 Å². The maximum Gasteiger partial charge on any atom is 0.221 e. The first kappa shape index (κ1) is 13.6. The molecular weight excluding hydrogens is 264 g/mol. The number of aldehydes is 1. The molecule has 0 atom stereocenters. The molecule has 1 N–H and O–H groups in total. The Labute approximate surface area is 116 Å². The predicted molar refractivity (Wildman–Crippen MR) is 75.6 cm³/mol. The lowest BCUT2D eigenvalue weighted by atomic mass is 10.2. The normalized spacial score (nSPS) is 10.6. The van der Waals surface area contributed by atoms with Gasteiger partial charge in [-0.25, -0.2) is 0 Å². The number of aromatic nitrogens is 1. The van der Waals surface area contributed by atoms with Crippen LogP contribution >= 0.6 is 11.6 Å². The number of nitrogens with one attached hydrogen (secondary N) is 1. The van der Waals surface area contributed by atoms with Crippen LogP contribution in [0.3, 0.4) is 0 Å². The summed E-state index contributed by atoms with van der Waals surface area (Å²) in [6, 6.07) is 5.39. The molecule has 1 amide bonds. The van der Waals surface area contributed by atoms with E-state index < -0.39 is 0 Å². The van der Waals surface area contributed by atoms with Gasteiger partial charge in [-0.1, -0.05) is 17.7 Å². The van der Waals surface area contributed by atoms with Crippen molar-refractivity contribution < 1.29 is 9.59 Å². The van der Waals surface area contributed by atoms with E-state index in [4.69, 9.17) is 11.6 Å². The van der Waals surface area contributed by atoms with Crippen LogP contribution in [0.5, 0.6) is 0 Å². The molecule has 0 saturated carbocycles. The van der Waals surface area contributed by atoms with Gasteiger partial charge in [-0.05, 0) is 19.1 Å². The SMILES string of the molecule is CCNC(=O)CCn1cc(C=O)c2ccc(Cl)cc21. The molecule has 1 aromatic carbocycles. The van der Waals surface area contributed by atoms with E-state index in [2.05, 4.69) is 5.32 Å². The number of hydrogen-bond donors (Lipinski definition) is 1. The fourth-order valence-electron chi connectivity index (χ4n) is 2.08. The number of benzene rings is 1. The third kappa shape index (κ3) is 2.96. The second-order valence-corrected chi connectivity index (χ2v) is 4.70. The smallest absolute Gasteiger partial charge is 0.221 e. The third-order valence-corrected chi connectivity index (χ3v) is 3.19. The second-order valence-electron chi connectivity index (χ2n) is 4.26. The van der Waals surface area contributed by atoms with Crippen LogP contribution in [-0.4, -0.2) is 23.3 Å². The third-order valence-electron chi connectivity index (χ3n) is 2.96. The molecule has 0 spiro atoms. The summed E-state index contributed by atoms with van der Waals surface area (Å²) >= 11 is 5.97. The minimum Gasteiger partial charge on any atom is -0.356 e. The standard InChI is InChI=1S/C14H15ClN2O2/c1-2-16-14(19)5-6-17-8-10(9-18)12-4-3-11(15)7-13(12)17/h3-4,7-9H,2,5-6H2,1H3,(H,16,19). The van der Waals surface area contributed by atoms with Crippen LogP contribution in [0.25, 0.3) is 10.9 Å². The molecule has 0 unspecified atom stereocenters. The monoisotopic (exact) mass is 278 g/mol. The molecule has 19 heavy (non-hydrogen) atoms. The minimum atomic E-state index is -0.000897. The largest absolute Gasteiger partial charge is 0.356 e. The predicted octanol–water partition coefficient (Wildman–Crippen LogP) is 2.63. The van der Waals surface area contributed by atoms with Gasteiger partial charge in [0.15, 0.2) is 6.29 Å². The first-order valence-electron chi connectivity index (χ1n) is 6.16. The maximum absolute atomic E-state index is 11.5. The van der Waals surface area contributed by atoms with Crippen molar-refractivity contribution in [3.8, 4) is 0 Å². The van der Waals surface area contributed by atoms with Gasteiger partial charge < -0.3 is 9.88 Å². The quantitative estimate of drug-likeness (QED) is 0.855. The lowest BCUT2D eigenvalue weighted by Crippen LogP contribution is -2.23. The summed E-state index contributed by atoms with van der Waals surface area (Å²) < 4.78 is 1.89. The van der Waals surface area contributed by atoms with E-state index in [9.17, 15) is 9.59 Å². The van der Waals surface area contributed by atoms with Crippen molar-refractivity contribution in [1.82, 2.24) is 9.88 Å². The number of carbonyl (C=O) groups excluding carboxylic acids is 2. The van der Waals surface area contributed by atoms with Gasteiger partial charge in [0, 0.05) is 41.7 Å². The van der Waals surface area contributed by atoms with Gasteiger partial charge in [-0.2, -0.15) is 0 Å². The molecule has 0 aliphatic rings. The highest BCUT2D eigenvalue weighted by Gasteiger charge is 2.09. The minimum absolute atomic E-state index is 0.000897. The number of hydrogen-bond acceptors (Lipinski definition) is 2. The first-order valence-corrected chi connectivity index (χ1v) is 6.53. The van der Waals surface area contributed by atoms with Gasteiger partial charge in [0.05, 0.1) is 5.52 Å². The van der Waals surface area contributed by atoms with Crippen LogP contribution in [-0.2, 0) is 11.3 Å². The molecule has 0 aliphatic heterocycles. The number of nitrogens with zero attached hydrogens (tertiary/aromatic N) is 1. The van der Waals surface area contributed by atoms with Crippen LogP contribution in [0, 0.1) is 0 Å². The summed E-state index contributed by atoms with van der Waals surface area (Å²) in [4.78, 5) is 22.5. The van der Waals surface area contributed by atoms with Gasteiger partial charge in [-0.15, -0.1) is 0 Å². The highest BCUT2D eigenvalue weighted by molar-refractivity contribution is 6.31. The van der Waals surface area contributed by atoms with E-state index in [1.165, 1.54) is 0 Å². The van der Waals surface area contributed by atoms with Gasteiger partial charge in [0.2, 0.25) is 5.91 Å². The van der Waals surface area contributed by atoms with Gasteiger partial charge in [0.25, 0.3) is 0 Å². The molecule has 1 aromatic heterocycles. The van der Waals surface area contributed by atoms with E-state index in [1.54, 1.807) is 12.3 Å². The fourth-order valence-corrected chi connectivity index (χ4v) is 2.25. The highest BCUT2D eigenvalue weighted by Crippen LogP contribution is 2.24. The zero-order valence-corrected chi connectivity index (χ0v) is 11.4. The molecule has 4 nitrogen and oxygen atoms in total. The zero-order valence-electron chi connectivity index (χ0n) is 10.6. The Morgan fingerprint density at radius 3 is 2.95 bits per heavy atom. The van der Waals surface area contributed by atoms with Crippen LogP contribution < -0.4 is 5.32 Å². The van der Waals surface area contributed by atoms with Gasteiger partial charge in [0.1, 0.15) is 0 Å². The van der Waals surface area contributed by atoms with Crippen LogP contribution in [0.15, 0.2) is 24.4 Å². The van der Waals surface area contributed by atoms with Crippen LogP contribution in [0.4, 0.5) is 0 Å². The number of fused-ring (bicyclic) bond motifs is 1. The molecule has 0 radical (unpaired) electrons. The summed E-state index contributed by atoms with van der Waals surface area (Å²) in [5, 5.41) is 4.22. The Bertz CT molecular complexity index is 619. The molecule has 0 saturated heterocycles. The zero-order chi connectivity index (χ0) is 13.8. The number of aryl methyl sites for hydroxylation is 1. The molecule has 2 rings (SSSR count). The summed E-state index contributed by atoms with van der Waals surface area (Å²) in [7, 11) is 0. The summed E-state index contributed by atoms with van der Waals surface area (Å²) in [6.45, 7) is 3.03. The van der Waals surface area contributed by atoms with E-state index in [0.717, 1.165) is 17.2 Å². The number of halogens is 1. The van der Waals surface area contributed by atoms with E-state index >= 15 is 0 Å². The van der Waals surface area contributed by atoms with Crippen molar-refractivity contribution in [3.05, 3.63) is 35.0 Å². The number of carbonyl (C=O) groups is 2. The molecule has 1 heterocycles. The molecular formula is C14H15ClN2O2. The van der Waals surface area contributed by atoms with Crippen molar-refractivity contribution in [1.29, 1.82) is 0 Å². The lowest BCUT2D eigenvalue weighted by molar-refractivity contribution is -0.121. The average Bonchev–Trinajstić information content (AvgIpc) is 2.74. The number of rotatable bonds is 5. The van der Waals surface area contributed by atoms with Crippen LogP contribution in [0.1, 0.15) is 23.7 Å². The van der Waals surface area contributed by atoms with Gasteiger partial charge >= 0.3 is 0 Å². The summed E-state index contributed by atoms with van der Waals surface area (Å²) in [5.74, 6) is -0.000897. The maximum atomic E-state index is 11.5. The molecule has 0 bridgehead atoms. The number of amides is 1. The molecule has 0 aliphatic carbocycles. The fraction of sp³-hybridized carbons (Fsp3) is 0.286. The Kier molecular flexibility index (Phi) is 4.22. The second kappa shape index (κ2) is 5.89. The Hall–Kier alpha value is -1.81. The van der Waals surface area contributed by atoms with E-state index in [0.29, 0.717) is 30.1 Å². The topological polar surface area (TPSA) is 51.1 Å². The summed E-state index contributed by atoms with van der Waals surface area (Å²) in [5.41, 5.74) is 1.49. The average molecular weight is 279 g/mol. The lowest BCUT2D eigenvalue weighted by Gasteiger charge is -2.05. The van der Waals surface area contributed by atoms with Crippen molar-refractivity contribution >= 4 is 34.7 Å². The van der Waals surface area contributed by atoms with Crippen molar-refractivity contribution in [3.63, 3.8) is 0 Å². The highest BCUT2D eigenvalue weighted by atomic mass is 35.5. The van der Waals surface area contributed by atoms with E-state index in [-0.39, 0.29) is 5.91 Å². The van der Waals surface area contributed by atoms with Crippen molar-refractivity contribution in [2.75, 3.05) is 6.54 Å². The Balaban J connectivity index is 2.29. The molecule has 2 aromatic rings. The Morgan fingerprint density at radius 1 is 1.47 bits per heavy atom. The van der Waals surface area contributed by atoms with E-state index in [1.807, 2.05) is 23.6 Å². The Morgan fingerprint density at radius 2 is 2.26 bits per heavy atom. The molecule has 5 heteroatoms. The molecule has 0 fully saturated rings. The molecule has 100 valence electrons. The van der Waals surface area contributed by atoms with Crippen molar-refractivity contribution in [2.24, 2.45) is 0 Å². The van der Waals surface area contributed by atoms with Crippen molar-refractivity contribution in [2.45, 2.75) is 19.9 Å².